The molecule has 1 heterocycles. The lowest BCUT2D eigenvalue weighted by atomic mass is 9.98. The predicted molar refractivity (Wildman–Crippen MR) is 291 cm³/mol. The zero-order valence-electron chi connectivity index (χ0n) is 34.3. The van der Waals surface area contributed by atoms with Gasteiger partial charge >= 0.3 is 0 Å². The number of aliphatic hydroxyl groups is 1. The van der Waals surface area contributed by atoms with Crippen molar-refractivity contribution in [3.63, 3.8) is 0 Å². The molecule has 27 heteroatoms. The number of hydrogen-bond acceptors (Lipinski definition) is 10. The predicted octanol–water partition coefficient (Wildman–Crippen LogP) is 4.49. The summed E-state index contributed by atoms with van der Waals surface area (Å²) in [5.41, 5.74) is 19.8. The fraction of sp³-hybridized carbons (Fsp3) is 0.432. The Hall–Kier alpha value is -2.48. The number of piperidine rings is 1. The van der Waals surface area contributed by atoms with E-state index in [0.29, 0.717) is 29.0 Å². The molecule has 1 fully saturated rings. The van der Waals surface area contributed by atoms with Gasteiger partial charge in [-0.15, -0.1) is 0 Å². The largest absolute Gasteiger partial charge is 0.396 e. The summed E-state index contributed by atoms with van der Waals surface area (Å²) in [6, 6.07) is -0.978. The van der Waals surface area contributed by atoms with Crippen LogP contribution in [0.5, 0.6) is 0 Å². The van der Waals surface area contributed by atoms with Crippen LogP contribution in [0, 0.1) is 27.3 Å². The molecule has 2 aromatic carbocycles. The van der Waals surface area contributed by atoms with Crippen molar-refractivity contribution in [3.05, 3.63) is 54.1 Å². The van der Waals surface area contributed by atoms with E-state index in [1.165, 1.54) is 14.0 Å². The number of likely N-dealkylation sites (tertiary alicyclic amines) is 1. The summed E-state index contributed by atoms with van der Waals surface area (Å²) in [6.45, 7) is 3.98. The van der Waals surface area contributed by atoms with Crippen molar-refractivity contribution in [3.8, 4) is 0 Å². The van der Waals surface area contributed by atoms with Gasteiger partial charge in [-0.3, -0.25) is 38.6 Å². The molecule has 1 aliphatic heterocycles. The number of carbonyl (C=O) groups excluding carboxylic acids is 7. The number of anilines is 1. The zero-order valence-corrected chi connectivity index (χ0v) is 47.3. The molecule has 1 atom stereocenters. The standard InChI is InChI=1S/C37H43I6N13O8/c1-15-7-11-56(12-8-15)36(64)17(6-4-9-49-37(44)45)52-35(63)22-24(39)20(33(61)48-10-5-13-57)27(42)30(28(22)43)53-18(58)14-50-34(62)21-23(38)19(32(60)47-3)25(40)29(26(21)41)51-16(2)31(59)54-55-46/h15,17,57H,4-14H2,1-3H3,(H,47,60)(H,48,61)(H,50,62)(H,52,63)(H,53,58)(H4,44,45,49). The van der Waals surface area contributed by atoms with Crippen molar-refractivity contribution < 1.29 is 38.7 Å². The molecule has 1 aliphatic rings. The molecule has 346 valence electrons. The number of carbonyl (C=O) groups is 7. The molecule has 3 rings (SSSR count). The quantitative estimate of drug-likeness (QED) is 0.0197. The summed E-state index contributed by atoms with van der Waals surface area (Å²) in [4.78, 5) is 108. The van der Waals surface area contributed by atoms with Gasteiger partial charge in [-0.25, -0.2) is 4.99 Å². The van der Waals surface area contributed by atoms with Crippen molar-refractivity contribution in [2.24, 2.45) is 32.5 Å². The highest BCUT2D eigenvalue weighted by atomic mass is 127. The number of hydrogen-bond donors (Lipinski definition) is 8. The summed E-state index contributed by atoms with van der Waals surface area (Å²) in [6.07, 6.45) is 2.44. The second-order valence-corrected chi connectivity index (χ2v) is 20.4. The Kier molecular flexibility index (Phi) is 23.3. The van der Waals surface area contributed by atoms with Crippen LogP contribution >= 0.6 is 136 Å². The minimum atomic E-state index is -0.978. The number of nitrogens with two attached hydrogens (primary N) is 2. The first-order chi connectivity index (χ1) is 30.2. The molecule has 64 heavy (non-hydrogen) atoms. The monoisotopic (exact) mass is 1560 g/mol. The van der Waals surface area contributed by atoms with Gasteiger partial charge in [0.2, 0.25) is 11.8 Å². The summed E-state index contributed by atoms with van der Waals surface area (Å²) in [7, 11) is 1.40. The topological polar surface area (TPSA) is 329 Å². The van der Waals surface area contributed by atoms with Gasteiger partial charge in [0.15, 0.2) is 5.96 Å². The number of nitrogens with one attached hydrogen (secondary N) is 5. The smallest absolute Gasteiger partial charge is 0.263 e. The maximum Gasteiger partial charge on any atom is 0.263 e. The van der Waals surface area contributed by atoms with Crippen LogP contribution in [0.25, 0.3) is 10.4 Å². The van der Waals surface area contributed by atoms with Gasteiger partial charge in [0.1, 0.15) is 6.04 Å². The lowest BCUT2D eigenvalue weighted by Gasteiger charge is -2.33. The van der Waals surface area contributed by atoms with Gasteiger partial charge in [-0.1, -0.05) is 6.92 Å². The Balaban J connectivity index is 2.07. The number of amides is 7. The van der Waals surface area contributed by atoms with Crippen LogP contribution < -0.4 is 38.1 Å². The van der Waals surface area contributed by atoms with E-state index in [1.807, 2.05) is 136 Å². The summed E-state index contributed by atoms with van der Waals surface area (Å²) in [5.74, 6) is -4.29. The van der Waals surface area contributed by atoms with E-state index in [1.54, 1.807) is 4.90 Å². The normalized spacial score (nSPS) is 13.2. The maximum atomic E-state index is 14.4. The maximum absolute atomic E-state index is 14.4. The second kappa shape index (κ2) is 26.8. The van der Waals surface area contributed by atoms with Crippen LogP contribution in [0.1, 0.15) is 87.4 Å². The second-order valence-electron chi connectivity index (χ2n) is 13.9. The van der Waals surface area contributed by atoms with E-state index in [4.69, 9.17) is 17.0 Å². The van der Waals surface area contributed by atoms with Crippen LogP contribution in [0.2, 0.25) is 0 Å². The minimum absolute atomic E-state index is 0.00888. The van der Waals surface area contributed by atoms with Gasteiger partial charge in [0, 0.05) is 51.9 Å². The SMILES string of the molecule is CNC(=O)c1c(I)c(N=C(C)C(=O)N=[N+]=[N-])c(I)c(C(=O)NCC(=O)Nc2c(I)c(C(=O)NCCCO)c(I)c(C(=O)NC(CCCN=C(N)N)C(=O)N3CCC(C)CC3)c2I)c1I. The Bertz CT molecular complexity index is 2310. The van der Waals surface area contributed by atoms with Crippen LogP contribution in [0.4, 0.5) is 11.4 Å². The number of azide groups is 1. The number of aliphatic imine (C=N–C) groups is 2. The van der Waals surface area contributed by atoms with Crippen molar-refractivity contribution in [2.75, 3.05) is 51.7 Å². The molecule has 2 aromatic rings. The summed E-state index contributed by atoms with van der Waals surface area (Å²) >= 11 is 11.2. The lowest BCUT2D eigenvalue weighted by Crippen LogP contribution is -2.51. The average Bonchev–Trinajstić information content (AvgIpc) is 3.24. The van der Waals surface area contributed by atoms with Crippen LogP contribution in [0.15, 0.2) is 15.1 Å². The minimum Gasteiger partial charge on any atom is -0.396 e. The van der Waals surface area contributed by atoms with E-state index < -0.39 is 48.0 Å². The van der Waals surface area contributed by atoms with Gasteiger partial charge in [0.25, 0.3) is 29.5 Å². The molecule has 7 amide bonds. The first-order valence-electron chi connectivity index (χ1n) is 19.1. The van der Waals surface area contributed by atoms with Crippen LogP contribution in [-0.2, 0) is 14.4 Å². The van der Waals surface area contributed by atoms with Crippen molar-refractivity contribution in [2.45, 2.75) is 52.0 Å². The highest BCUT2D eigenvalue weighted by molar-refractivity contribution is 14.1. The third-order valence-corrected chi connectivity index (χ3v) is 15.8. The molecule has 0 radical (unpaired) electrons. The average molecular weight is 1560 g/mol. The molecule has 1 saturated heterocycles. The number of aliphatic hydroxyl groups excluding tert-OH is 1. The number of nitrogens with zero attached hydrogens (tertiary/aromatic N) is 6. The third kappa shape index (κ3) is 14.8. The van der Waals surface area contributed by atoms with Gasteiger partial charge in [-0.05, 0) is 191 Å². The zero-order chi connectivity index (χ0) is 48.0. The molecule has 0 aliphatic carbocycles. The number of guanidine groups is 1. The van der Waals surface area contributed by atoms with Gasteiger partial charge < -0.3 is 48.1 Å². The molecule has 21 nitrogen and oxygen atoms in total. The molecular formula is C37H43I6N13O8. The van der Waals surface area contributed by atoms with E-state index in [2.05, 4.69) is 53.5 Å². The first kappa shape index (κ1) is 55.8. The van der Waals surface area contributed by atoms with E-state index in [0.717, 1.165) is 12.8 Å². The Morgan fingerprint density at radius 1 is 0.828 bits per heavy atom. The first-order valence-corrected chi connectivity index (χ1v) is 25.6. The molecule has 1 unspecified atom stereocenters. The molecule has 10 N–H and O–H groups in total. The van der Waals surface area contributed by atoms with E-state index >= 15 is 0 Å². The molecular weight excluding hydrogens is 1520 g/mol. The molecule has 0 saturated carbocycles. The Morgan fingerprint density at radius 3 is 1.92 bits per heavy atom. The van der Waals surface area contributed by atoms with Crippen LogP contribution in [0.3, 0.4) is 0 Å². The highest BCUT2D eigenvalue weighted by Gasteiger charge is 2.34. The van der Waals surface area contributed by atoms with Gasteiger partial charge in [-0.2, -0.15) is 0 Å². The fourth-order valence-corrected chi connectivity index (χ4v) is 14.8. The highest BCUT2D eigenvalue weighted by Crippen LogP contribution is 2.38. The molecule has 0 spiro atoms. The lowest BCUT2D eigenvalue weighted by molar-refractivity contribution is -0.134. The number of halogens is 6. The summed E-state index contributed by atoms with van der Waals surface area (Å²) < 4.78 is 1.48. The fourth-order valence-electron chi connectivity index (χ4n) is 6.02. The Morgan fingerprint density at radius 2 is 1.38 bits per heavy atom. The molecule has 0 aromatic heterocycles. The summed E-state index contributed by atoms with van der Waals surface area (Å²) in [5, 5.41) is 25.8. The van der Waals surface area contributed by atoms with Gasteiger partial charge in [0.05, 0.1) is 60.2 Å². The number of benzene rings is 2. The van der Waals surface area contributed by atoms with Crippen molar-refractivity contribution >= 4 is 200 Å². The Labute approximate surface area is 449 Å². The van der Waals surface area contributed by atoms with E-state index in [-0.39, 0.29) is 102 Å². The number of rotatable bonds is 18. The third-order valence-electron chi connectivity index (χ3n) is 9.41. The van der Waals surface area contributed by atoms with Crippen LogP contribution in [-0.4, -0.2) is 115 Å². The van der Waals surface area contributed by atoms with Crippen molar-refractivity contribution in [1.82, 2.24) is 26.2 Å². The van der Waals surface area contributed by atoms with Crippen molar-refractivity contribution in [1.29, 1.82) is 0 Å². The molecule has 0 bridgehead atoms. The van der Waals surface area contributed by atoms with E-state index in [9.17, 15) is 38.7 Å².